The number of benzene rings is 2. The average molecular weight is 412 g/mol. The highest BCUT2D eigenvalue weighted by molar-refractivity contribution is 7.15. The smallest absolute Gasteiger partial charge is 0.267 e. The molecule has 0 fully saturated rings. The van der Waals surface area contributed by atoms with Gasteiger partial charge in [-0.1, -0.05) is 0 Å². The number of anilines is 1. The minimum Gasteiger partial charge on any atom is -0.497 e. The van der Waals surface area contributed by atoms with Gasteiger partial charge in [-0.15, -0.1) is 16.4 Å². The fraction of sp³-hybridized carbons (Fsp3) is 0.150. The molecule has 0 aliphatic carbocycles. The Kier molecular flexibility index (Phi) is 5.13. The number of aromatic nitrogens is 3. The van der Waals surface area contributed by atoms with E-state index in [1.165, 1.54) is 23.5 Å². The minimum absolute atomic E-state index is 0.176. The van der Waals surface area contributed by atoms with Gasteiger partial charge in [0.25, 0.3) is 11.9 Å². The van der Waals surface area contributed by atoms with Crippen LogP contribution < -0.4 is 14.8 Å². The molecule has 0 saturated heterocycles. The summed E-state index contributed by atoms with van der Waals surface area (Å²) in [7, 11) is 1.58. The molecule has 7 nitrogen and oxygen atoms in total. The monoisotopic (exact) mass is 412 g/mol. The molecule has 0 aliphatic heterocycles. The molecule has 1 atom stereocenters. The summed E-state index contributed by atoms with van der Waals surface area (Å²) in [6.45, 7) is 1.64. The van der Waals surface area contributed by atoms with Crippen LogP contribution in [0.4, 0.5) is 10.3 Å². The molecule has 9 heteroatoms. The molecular weight excluding hydrogens is 395 g/mol. The Hall–Kier alpha value is -3.46. The summed E-state index contributed by atoms with van der Waals surface area (Å²) in [5, 5.41) is 8.88. The van der Waals surface area contributed by atoms with Crippen LogP contribution >= 0.6 is 11.3 Å². The van der Waals surface area contributed by atoms with Crippen LogP contribution in [0.5, 0.6) is 11.5 Å². The summed E-state index contributed by atoms with van der Waals surface area (Å²) in [6, 6.07) is 13.1. The first-order valence-corrected chi connectivity index (χ1v) is 9.63. The Morgan fingerprint density at radius 1 is 1.14 bits per heavy atom. The predicted molar refractivity (Wildman–Crippen MR) is 108 cm³/mol. The Balaban J connectivity index is 1.47. The summed E-state index contributed by atoms with van der Waals surface area (Å²) in [6.07, 6.45) is -0.749. The van der Waals surface area contributed by atoms with Crippen LogP contribution in [-0.2, 0) is 4.79 Å². The molecule has 0 spiro atoms. The number of halogens is 1. The van der Waals surface area contributed by atoms with E-state index in [1.807, 2.05) is 5.38 Å². The van der Waals surface area contributed by atoms with E-state index in [9.17, 15) is 9.18 Å². The SMILES string of the molecule is COc1ccc(OC(C)C(=O)Nc2nc3scc(-c4ccc(F)cc4)n3n2)cc1. The van der Waals surface area contributed by atoms with Crippen LogP contribution in [0.15, 0.2) is 53.9 Å². The highest BCUT2D eigenvalue weighted by Gasteiger charge is 2.18. The topological polar surface area (TPSA) is 77.8 Å². The molecule has 2 heterocycles. The first kappa shape index (κ1) is 18.9. The lowest BCUT2D eigenvalue weighted by Crippen LogP contribution is -2.30. The molecule has 0 saturated carbocycles. The number of ether oxygens (including phenoxy) is 2. The molecule has 1 N–H and O–H groups in total. The zero-order valence-electron chi connectivity index (χ0n) is 15.6. The van der Waals surface area contributed by atoms with E-state index in [-0.39, 0.29) is 17.7 Å². The second-order valence-corrected chi connectivity index (χ2v) is 7.02. The number of nitrogens with one attached hydrogen (secondary N) is 1. The van der Waals surface area contributed by atoms with Gasteiger partial charge in [-0.05, 0) is 55.5 Å². The largest absolute Gasteiger partial charge is 0.497 e. The molecular formula is C20H17FN4O3S. The fourth-order valence-electron chi connectivity index (χ4n) is 2.68. The molecule has 1 unspecified atom stereocenters. The van der Waals surface area contributed by atoms with Crippen molar-refractivity contribution in [3.8, 4) is 22.8 Å². The number of methoxy groups -OCH3 is 1. The summed E-state index contributed by atoms with van der Waals surface area (Å²) >= 11 is 1.38. The van der Waals surface area contributed by atoms with Gasteiger partial charge in [0, 0.05) is 10.9 Å². The van der Waals surface area contributed by atoms with E-state index in [0.717, 1.165) is 11.3 Å². The van der Waals surface area contributed by atoms with E-state index in [0.29, 0.717) is 16.5 Å². The third kappa shape index (κ3) is 4.04. The second kappa shape index (κ2) is 7.88. The first-order valence-electron chi connectivity index (χ1n) is 8.75. The molecule has 148 valence electrons. The van der Waals surface area contributed by atoms with E-state index < -0.39 is 6.10 Å². The van der Waals surface area contributed by atoms with Crippen molar-refractivity contribution < 1.29 is 18.7 Å². The number of amides is 1. The van der Waals surface area contributed by atoms with Gasteiger partial charge >= 0.3 is 0 Å². The lowest BCUT2D eigenvalue weighted by atomic mass is 10.2. The van der Waals surface area contributed by atoms with Crippen molar-refractivity contribution in [1.29, 1.82) is 0 Å². The van der Waals surface area contributed by atoms with Crippen molar-refractivity contribution in [2.45, 2.75) is 13.0 Å². The predicted octanol–water partition coefficient (Wildman–Crippen LogP) is 4.01. The Labute approximate surface area is 169 Å². The number of thiazole rings is 1. The standard InChI is InChI=1S/C20H17FN4O3S/c1-12(28-16-9-7-15(27-2)8-10-16)18(26)22-19-23-20-25(24-19)17(11-29-20)13-3-5-14(21)6-4-13/h3-12H,1-2H3,(H,22,24,26). The number of hydrogen-bond donors (Lipinski definition) is 1. The highest BCUT2D eigenvalue weighted by Crippen LogP contribution is 2.26. The van der Waals surface area contributed by atoms with Crippen molar-refractivity contribution in [1.82, 2.24) is 14.6 Å². The van der Waals surface area contributed by atoms with Crippen molar-refractivity contribution >= 4 is 28.2 Å². The molecule has 2 aromatic heterocycles. The Bertz CT molecular complexity index is 1140. The molecule has 4 rings (SSSR count). The van der Waals surface area contributed by atoms with Crippen LogP contribution in [0.2, 0.25) is 0 Å². The van der Waals surface area contributed by atoms with Crippen molar-refractivity contribution in [3.05, 3.63) is 59.7 Å². The number of carbonyl (C=O) groups is 1. The molecule has 2 aromatic carbocycles. The molecule has 0 radical (unpaired) electrons. The second-order valence-electron chi connectivity index (χ2n) is 6.18. The fourth-order valence-corrected chi connectivity index (χ4v) is 3.51. The average Bonchev–Trinajstić information content (AvgIpc) is 3.29. The molecule has 4 aromatic rings. The maximum Gasteiger partial charge on any atom is 0.267 e. The Morgan fingerprint density at radius 2 is 1.83 bits per heavy atom. The number of nitrogens with zero attached hydrogens (tertiary/aromatic N) is 3. The van der Waals surface area contributed by atoms with Crippen molar-refractivity contribution in [2.24, 2.45) is 0 Å². The maximum absolute atomic E-state index is 13.2. The lowest BCUT2D eigenvalue weighted by molar-refractivity contribution is -0.122. The number of rotatable bonds is 6. The van der Waals surface area contributed by atoms with Crippen LogP contribution in [0.3, 0.4) is 0 Å². The van der Waals surface area contributed by atoms with Gasteiger partial charge < -0.3 is 9.47 Å². The molecule has 0 aliphatic rings. The van der Waals surface area contributed by atoms with Crippen LogP contribution in [-0.4, -0.2) is 33.7 Å². The molecule has 29 heavy (non-hydrogen) atoms. The van der Waals surface area contributed by atoms with Crippen molar-refractivity contribution in [3.63, 3.8) is 0 Å². The van der Waals surface area contributed by atoms with Gasteiger partial charge in [0.1, 0.15) is 17.3 Å². The van der Waals surface area contributed by atoms with E-state index in [1.54, 1.807) is 54.9 Å². The first-order chi connectivity index (χ1) is 14.0. The van der Waals surface area contributed by atoms with E-state index in [4.69, 9.17) is 9.47 Å². The third-order valence-electron chi connectivity index (χ3n) is 4.20. The summed E-state index contributed by atoms with van der Waals surface area (Å²) in [5.74, 6) is 0.745. The van der Waals surface area contributed by atoms with E-state index >= 15 is 0 Å². The molecule has 1 amide bonds. The normalized spacial score (nSPS) is 12.0. The highest BCUT2D eigenvalue weighted by atomic mass is 32.1. The number of carbonyl (C=O) groups excluding carboxylic acids is 1. The minimum atomic E-state index is -0.749. The van der Waals surface area contributed by atoms with Crippen LogP contribution in [0.25, 0.3) is 16.2 Å². The van der Waals surface area contributed by atoms with Crippen molar-refractivity contribution in [2.75, 3.05) is 12.4 Å². The van der Waals surface area contributed by atoms with Gasteiger partial charge in [-0.25, -0.2) is 8.91 Å². The van der Waals surface area contributed by atoms with Gasteiger partial charge in [0.2, 0.25) is 4.96 Å². The summed E-state index contributed by atoms with van der Waals surface area (Å²) in [4.78, 5) is 17.4. The summed E-state index contributed by atoms with van der Waals surface area (Å²) in [5.41, 5.74) is 1.57. The van der Waals surface area contributed by atoms with Gasteiger partial charge in [-0.3, -0.25) is 10.1 Å². The number of fused-ring (bicyclic) bond motifs is 1. The quantitative estimate of drug-likeness (QED) is 0.518. The zero-order chi connectivity index (χ0) is 20.4. The Morgan fingerprint density at radius 3 is 2.52 bits per heavy atom. The third-order valence-corrected chi connectivity index (χ3v) is 5.01. The van der Waals surface area contributed by atoms with Gasteiger partial charge in [0.15, 0.2) is 6.10 Å². The lowest BCUT2D eigenvalue weighted by Gasteiger charge is -2.13. The summed E-state index contributed by atoms with van der Waals surface area (Å²) < 4.78 is 25.5. The molecule has 0 bridgehead atoms. The zero-order valence-corrected chi connectivity index (χ0v) is 16.4. The maximum atomic E-state index is 13.2. The van der Waals surface area contributed by atoms with Crippen LogP contribution in [0, 0.1) is 5.82 Å². The van der Waals surface area contributed by atoms with Gasteiger partial charge in [-0.2, -0.15) is 4.98 Å². The van der Waals surface area contributed by atoms with Crippen LogP contribution in [0.1, 0.15) is 6.92 Å². The van der Waals surface area contributed by atoms with E-state index in [2.05, 4.69) is 15.4 Å². The number of hydrogen-bond acceptors (Lipinski definition) is 6. The van der Waals surface area contributed by atoms with Gasteiger partial charge in [0.05, 0.1) is 12.8 Å².